The first-order valence-electron chi connectivity index (χ1n) is 7.16. The molecule has 0 fully saturated rings. The lowest BCUT2D eigenvalue weighted by Gasteiger charge is -2.07. The normalized spacial score (nSPS) is 11.0. The second kappa shape index (κ2) is 7.44. The number of aromatic amines is 1. The molecule has 0 spiro atoms. The Bertz CT molecular complexity index is 753. The quantitative estimate of drug-likeness (QED) is 0.631. The van der Waals surface area contributed by atoms with Gasteiger partial charge < -0.3 is 9.47 Å². The van der Waals surface area contributed by atoms with Crippen LogP contribution in [0.25, 0.3) is 0 Å². The highest BCUT2D eigenvalue weighted by atomic mass is 16.5. The van der Waals surface area contributed by atoms with E-state index in [2.05, 4.69) is 20.5 Å². The maximum atomic E-state index is 11.6. The molecule has 1 heterocycles. The predicted octanol–water partition coefficient (Wildman–Crippen LogP) is 2.36. The summed E-state index contributed by atoms with van der Waals surface area (Å²) in [5.74, 6) is 1.80. The molecule has 23 heavy (non-hydrogen) atoms. The number of nitrogens with one attached hydrogen (secondary N) is 2. The highest BCUT2D eigenvalue weighted by Gasteiger charge is 2.05. The van der Waals surface area contributed by atoms with Crippen LogP contribution in [-0.2, 0) is 0 Å². The average molecular weight is 316 g/mol. The number of hydrazone groups is 1. The molecular weight excluding hydrogens is 296 g/mol. The Hall–Kier alpha value is -2.83. The fraction of sp³-hybridized carbons (Fsp3) is 0.312. The topological polar surface area (TPSA) is 88.6 Å². The Labute approximate surface area is 134 Å². The van der Waals surface area contributed by atoms with Crippen molar-refractivity contribution in [1.29, 1.82) is 0 Å². The number of rotatable bonds is 6. The van der Waals surface area contributed by atoms with Crippen molar-refractivity contribution in [3.05, 3.63) is 45.9 Å². The van der Waals surface area contributed by atoms with E-state index in [1.165, 1.54) is 6.07 Å². The van der Waals surface area contributed by atoms with Crippen molar-refractivity contribution in [1.82, 2.24) is 9.97 Å². The Morgan fingerprint density at radius 3 is 2.70 bits per heavy atom. The van der Waals surface area contributed by atoms with E-state index in [1.807, 2.05) is 13.8 Å². The van der Waals surface area contributed by atoms with Gasteiger partial charge >= 0.3 is 0 Å². The van der Waals surface area contributed by atoms with E-state index >= 15 is 0 Å². The van der Waals surface area contributed by atoms with Crippen LogP contribution < -0.4 is 20.5 Å². The molecule has 0 aliphatic rings. The molecular formula is C16H20N4O3. The Kier molecular flexibility index (Phi) is 5.35. The zero-order valence-corrected chi connectivity index (χ0v) is 13.6. The van der Waals surface area contributed by atoms with Crippen molar-refractivity contribution >= 4 is 12.2 Å². The first-order valence-corrected chi connectivity index (χ1v) is 7.16. The minimum Gasteiger partial charge on any atom is -0.497 e. The van der Waals surface area contributed by atoms with Gasteiger partial charge in [0.2, 0.25) is 5.95 Å². The molecule has 122 valence electrons. The number of hydrogen-bond donors (Lipinski definition) is 2. The Morgan fingerprint density at radius 1 is 1.26 bits per heavy atom. The van der Waals surface area contributed by atoms with E-state index in [0.29, 0.717) is 23.1 Å². The van der Waals surface area contributed by atoms with Crippen molar-refractivity contribution in [2.24, 2.45) is 5.10 Å². The molecule has 0 amide bonds. The number of hydrogen-bond acceptors (Lipinski definition) is 6. The first kappa shape index (κ1) is 16.5. The summed E-state index contributed by atoms with van der Waals surface area (Å²) in [5.41, 5.74) is 3.94. The van der Waals surface area contributed by atoms with Crippen molar-refractivity contribution < 1.29 is 9.47 Å². The van der Waals surface area contributed by atoms with Crippen LogP contribution in [0.2, 0.25) is 0 Å². The third-order valence-corrected chi connectivity index (χ3v) is 3.16. The minimum absolute atomic E-state index is 0.153. The summed E-state index contributed by atoms with van der Waals surface area (Å²) in [7, 11) is 3.17. The smallest absolute Gasteiger partial charge is 0.252 e. The number of ether oxygens (including phenoxy) is 2. The van der Waals surface area contributed by atoms with E-state index in [1.54, 1.807) is 38.6 Å². The second-order valence-electron chi connectivity index (χ2n) is 5.15. The van der Waals surface area contributed by atoms with Crippen LogP contribution >= 0.6 is 0 Å². The molecule has 0 aliphatic heterocycles. The van der Waals surface area contributed by atoms with Gasteiger partial charge in [-0.15, -0.1) is 0 Å². The average Bonchev–Trinajstić information content (AvgIpc) is 2.54. The molecule has 0 aliphatic carbocycles. The first-order chi connectivity index (χ1) is 11.0. The van der Waals surface area contributed by atoms with Gasteiger partial charge in [-0.1, -0.05) is 13.8 Å². The molecule has 1 aromatic heterocycles. The highest BCUT2D eigenvalue weighted by molar-refractivity contribution is 5.84. The zero-order valence-electron chi connectivity index (χ0n) is 13.6. The van der Waals surface area contributed by atoms with Gasteiger partial charge in [0.15, 0.2) is 0 Å². The van der Waals surface area contributed by atoms with E-state index in [0.717, 1.165) is 5.56 Å². The predicted molar refractivity (Wildman–Crippen MR) is 89.7 cm³/mol. The van der Waals surface area contributed by atoms with Gasteiger partial charge in [-0.3, -0.25) is 9.78 Å². The maximum absolute atomic E-state index is 11.6. The molecule has 0 radical (unpaired) electrons. The molecule has 2 rings (SSSR count). The molecule has 0 unspecified atom stereocenters. The molecule has 2 N–H and O–H groups in total. The lowest BCUT2D eigenvalue weighted by atomic mass is 10.1. The fourth-order valence-corrected chi connectivity index (χ4v) is 1.93. The summed E-state index contributed by atoms with van der Waals surface area (Å²) in [5, 5.41) is 4.09. The summed E-state index contributed by atoms with van der Waals surface area (Å²) in [6.45, 7) is 3.94. The second-order valence-corrected chi connectivity index (χ2v) is 5.15. The summed E-state index contributed by atoms with van der Waals surface area (Å²) in [6.07, 6.45) is 1.57. The summed E-state index contributed by atoms with van der Waals surface area (Å²) < 4.78 is 10.4. The van der Waals surface area contributed by atoms with E-state index in [4.69, 9.17) is 9.47 Å². The summed E-state index contributed by atoms with van der Waals surface area (Å²) >= 11 is 0. The maximum Gasteiger partial charge on any atom is 0.252 e. The van der Waals surface area contributed by atoms with Crippen LogP contribution in [0.5, 0.6) is 11.5 Å². The largest absolute Gasteiger partial charge is 0.497 e. The zero-order chi connectivity index (χ0) is 16.8. The van der Waals surface area contributed by atoms with Crippen molar-refractivity contribution in [3.8, 4) is 11.5 Å². The number of benzene rings is 1. The SMILES string of the molecule is COc1ccc(OC)c(/C=N\Nc2nc(C(C)C)cc(=O)[nH]2)c1. The van der Waals surface area contributed by atoms with Gasteiger partial charge in [-0.25, -0.2) is 10.4 Å². The fourth-order valence-electron chi connectivity index (χ4n) is 1.93. The van der Waals surface area contributed by atoms with Crippen LogP contribution in [0, 0.1) is 0 Å². The number of nitrogens with zero attached hydrogens (tertiary/aromatic N) is 2. The van der Waals surface area contributed by atoms with Gasteiger partial charge in [-0.2, -0.15) is 5.10 Å². The van der Waals surface area contributed by atoms with E-state index < -0.39 is 0 Å². The van der Waals surface area contributed by atoms with Crippen LogP contribution in [0.4, 0.5) is 5.95 Å². The lowest BCUT2D eigenvalue weighted by Crippen LogP contribution is -2.12. The standard InChI is InChI=1S/C16H20N4O3/c1-10(2)13-8-15(21)19-16(18-13)20-17-9-11-7-12(22-3)5-6-14(11)23-4/h5-10H,1-4H3,(H2,18,19,20,21)/b17-9-. The number of aromatic nitrogens is 2. The van der Waals surface area contributed by atoms with Gasteiger partial charge in [0.05, 0.1) is 26.1 Å². The van der Waals surface area contributed by atoms with Crippen molar-refractivity contribution in [2.75, 3.05) is 19.6 Å². The monoisotopic (exact) mass is 316 g/mol. The summed E-state index contributed by atoms with van der Waals surface area (Å²) in [4.78, 5) is 18.5. The van der Waals surface area contributed by atoms with Gasteiger partial charge in [0.1, 0.15) is 11.5 Å². The number of anilines is 1. The lowest BCUT2D eigenvalue weighted by molar-refractivity contribution is 0.402. The highest BCUT2D eigenvalue weighted by Crippen LogP contribution is 2.22. The number of methoxy groups -OCH3 is 2. The molecule has 7 nitrogen and oxygen atoms in total. The van der Waals surface area contributed by atoms with Crippen LogP contribution in [0.15, 0.2) is 34.2 Å². The summed E-state index contributed by atoms with van der Waals surface area (Å²) in [6, 6.07) is 6.86. The third-order valence-electron chi connectivity index (χ3n) is 3.16. The van der Waals surface area contributed by atoms with Crippen LogP contribution in [0.3, 0.4) is 0 Å². The molecule has 0 saturated heterocycles. The van der Waals surface area contributed by atoms with Gasteiger partial charge in [0.25, 0.3) is 5.56 Å². The van der Waals surface area contributed by atoms with Crippen molar-refractivity contribution in [3.63, 3.8) is 0 Å². The van der Waals surface area contributed by atoms with E-state index in [9.17, 15) is 4.79 Å². The molecule has 0 atom stereocenters. The third kappa shape index (κ3) is 4.32. The Morgan fingerprint density at radius 2 is 2.04 bits per heavy atom. The van der Waals surface area contributed by atoms with Gasteiger partial charge in [-0.05, 0) is 24.1 Å². The minimum atomic E-state index is -0.222. The molecule has 0 bridgehead atoms. The van der Waals surface area contributed by atoms with Crippen LogP contribution in [0.1, 0.15) is 31.0 Å². The van der Waals surface area contributed by atoms with Crippen molar-refractivity contribution in [2.45, 2.75) is 19.8 Å². The molecule has 0 saturated carbocycles. The van der Waals surface area contributed by atoms with E-state index in [-0.39, 0.29) is 11.5 Å². The Balaban J connectivity index is 2.20. The molecule has 1 aromatic carbocycles. The molecule has 7 heteroatoms. The molecule has 2 aromatic rings. The number of H-pyrrole nitrogens is 1. The van der Waals surface area contributed by atoms with Crippen LogP contribution in [-0.4, -0.2) is 30.4 Å². The van der Waals surface area contributed by atoms with Gasteiger partial charge in [0, 0.05) is 11.6 Å².